The second kappa shape index (κ2) is 14.7. The third-order valence-corrected chi connectivity index (χ3v) is 8.46. The molecule has 0 fully saturated rings. The summed E-state index contributed by atoms with van der Waals surface area (Å²) in [6, 6.07) is 16.5. The summed E-state index contributed by atoms with van der Waals surface area (Å²) in [7, 11) is 1.52. The van der Waals surface area contributed by atoms with E-state index in [9.17, 15) is 9.18 Å². The van der Waals surface area contributed by atoms with Crippen LogP contribution in [-0.4, -0.2) is 40.1 Å². The zero-order valence-corrected chi connectivity index (χ0v) is 27.1. The van der Waals surface area contributed by atoms with E-state index < -0.39 is 11.9 Å². The molecule has 0 radical (unpaired) electrons. The van der Waals surface area contributed by atoms with Crippen molar-refractivity contribution in [2.45, 2.75) is 51.4 Å². The molecule has 12 heteroatoms. The number of thioether (sulfide) groups is 1. The number of allylic oxidation sites excluding steroid dienone is 1. The highest BCUT2D eigenvalue weighted by molar-refractivity contribution is 7.99. The number of methoxy groups -OCH3 is 1. The lowest BCUT2D eigenvalue weighted by atomic mass is 9.94. The molecule has 5 rings (SSSR count). The second-order valence-electron chi connectivity index (χ2n) is 10.2. The van der Waals surface area contributed by atoms with Gasteiger partial charge in [0.2, 0.25) is 11.1 Å². The normalized spacial score (nSPS) is 14.0. The Hall–Kier alpha value is -4.22. The first-order valence-electron chi connectivity index (χ1n) is 14.7. The number of hydrogen-bond acceptors (Lipinski definition) is 8. The molecule has 236 valence electrons. The molecule has 0 aliphatic carbocycles. The number of fused-ring (bicyclic) bond motifs is 1. The van der Waals surface area contributed by atoms with Gasteiger partial charge in [-0.15, -0.1) is 5.10 Å². The zero-order chi connectivity index (χ0) is 31.9. The highest BCUT2D eigenvalue weighted by Crippen LogP contribution is 2.40. The Labute approximate surface area is 271 Å². The van der Waals surface area contributed by atoms with Crippen molar-refractivity contribution in [1.82, 2.24) is 14.8 Å². The Morgan fingerprint density at radius 3 is 2.67 bits per heavy atom. The molecule has 1 aliphatic rings. The van der Waals surface area contributed by atoms with Crippen molar-refractivity contribution in [2.75, 3.05) is 30.1 Å². The maximum Gasteiger partial charge on any atom is 0.255 e. The molecule has 9 nitrogen and oxygen atoms in total. The fraction of sp³-hybridized carbons (Fsp3) is 0.303. The average molecular weight is 652 g/mol. The van der Waals surface area contributed by atoms with Crippen LogP contribution >= 0.6 is 23.4 Å². The standard InChI is InChI=1S/C33H35ClFN5O4S/c1-5-7-17-45-33-38-32-36-20(3)29(31(41)37-25-13-8-9-14-26(25)43-6-2)30(40(32)39-33)21-15-16-27(28(18-21)42-4)44-19-22-23(34)11-10-12-24(22)35/h8-16,18,30H,5-7,17,19H2,1-4H3,(H,37,41)(H,36,38,39). The number of ether oxygens (including phenoxy) is 3. The van der Waals surface area contributed by atoms with E-state index in [1.807, 2.05) is 38.1 Å². The predicted molar refractivity (Wildman–Crippen MR) is 175 cm³/mol. The minimum Gasteiger partial charge on any atom is -0.493 e. The lowest BCUT2D eigenvalue weighted by Crippen LogP contribution is -2.31. The Bertz CT molecular complexity index is 1690. The maximum atomic E-state index is 14.4. The van der Waals surface area contributed by atoms with Gasteiger partial charge in [-0.05, 0) is 62.2 Å². The first kappa shape index (κ1) is 32.2. The van der Waals surface area contributed by atoms with Crippen LogP contribution in [0.25, 0.3) is 0 Å². The fourth-order valence-corrected chi connectivity index (χ4v) is 6.07. The Morgan fingerprint density at radius 1 is 1.09 bits per heavy atom. The first-order valence-corrected chi connectivity index (χ1v) is 16.0. The second-order valence-corrected chi connectivity index (χ2v) is 11.7. The van der Waals surface area contributed by atoms with E-state index in [2.05, 4.69) is 17.6 Å². The van der Waals surface area contributed by atoms with Crippen LogP contribution in [0.1, 0.15) is 50.8 Å². The van der Waals surface area contributed by atoms with E-state index in [1.54, 1.807) is 46.8 Å². The molecule has 0 saturated carbocycles. The molecule has 0 spiro atoms. The van der Waals surface area contributed by atoms with Gasteiger partial charge in [-0.25, -0.2) is 9.07 Å². The molecular formula is C33H35ClFN5O4S. The van der Waals surface area contributed by atoms with Crippen LogP contribution in [0.2, 0.25) is 5.02 Å². The van der Waals surface area contributed by atoms with Crippen LogP contribution in [0.3, 0.4) is 0 Å². The minimum absolute atomic E-state index is 0.0912. The van der Waals surface area contributed by atoms with Crippen LogP contribution in [0.4, 0.5) is 16.0 Å². The molecule has 1 aliphatic heterocycles. The zero-order valence-electron chi connectivity index (χ0n) is 25.5. The largest absolute Gasteiger partial charge is 0.493 e. The summed E-state index contributed by atoms with van der Waals surface area (Å²) in [5.41, 5.74) is 2.58. The number of para-hydroxylation sites is 2. The number of amides is 1. The van der Waals surface area contributed by atoms with Gasteiger partial charge in [0.05, 0.1) is 30.0 Å². The smallest absolute Gasteiger partial charge is 0.255 e. The van der Waals surface area contributed by atoms with Gasteiger partial charge in [-0.1, -0.05) is 61.0 Å². The third-order valence-electron chi connectivity index (χ3n) is 7.18. The number of halogens is 2. The van der Waals surface area contributed by atoms with Crippen LogP contribution in [-0.2, 0) is 11.4 Å². The lowest BCUT2D eigenvalue weighted by Gasteiger charge is -2.29. The van der Waals surface area contributed by atoms with Gasteiger partial charge in [-0.2, -0.15) is 4.98 Å². The molecular weight excluding hydrogens is 617 g/mol. The molecule has 2 N–H and O–H groups in total. The first-order chi connectivity index (χ1) is 21.8. The van der Waals surface area contributed by atoms with Crippen molar-refractivity contribution in [3.8, 4) is 17.2 Å². The molecule has 2 heterocycles. The van der Waals surface area contributed by atoms with Crippen LogP contribution in [0, 0.1) is 5.82 Å². The summed E-state index contributed by atoms with van der Waals surface area (Å²) in [6.07, 6.45) is 2.10. The molecule has 0 bridgehead atoms. The van der Waals surface area contributed by atoms with E-state index in [0.717, 1.165) is 18.6 Å². The molecule has 1 amide bonds. The number of aromatic nitrogens is 3. The number of rotatable bonds is 13. The van der Waals surface area contributed by atoms with Gasteiger partial charge < -0.3 is 24.8 Å². The number of carbonyl (C=O) groups is 1. The number of unbranched alkanes of at least 4 members (excludes halogenated alkanes) is 1. The molecule has 1 aromatic heterocycles. The molecule has 1 unspecified atom stereocenters. The highest BCUT2D eigenvalue weighted by atomic mass is 35.5. The summed E-state index contributed by atoms with van der Waals surface area (Å²) >= 11 is 7.77. The summed E-state index contributed by atoms with van der Waals surface area (Å²) in [6.45, 7) is 6.23. The quantitative estimate of drug-likeness (QED) is 0.111. The van der Waals surface area contributed by atoms with Crippen molar-refractivity contribution in [3.05, 3.63) is 93.9 Å². The maximum absolute atomic E-state index is 14.4. The van der Waals surface area contributed by atoms with Gasteiger partial charge >= 0.3 is 0 Å². The van der Waals surface area contributed by atoms with Crippen LogP contribution < -0.4 is 24.8 Å². The fourth-order valence-electron chi connectivity index (χ4n) is 4.94. The Kier molecular flexibility index (Phi) is 10.5. The van der Waals surface area contributed by atoms with Crippen molar-refractivity contribution < 1.29 is 23.4 Å². The summed E-state index contributed by atoms with van der Waals surface area (Å²) in [5, 5.41) is 12.0. The number of nitrogens with zero attached hydrogens (tertiary/aromatic N) is 3. The Balaban J connectivity index is 1.52. The number of nitrogens with one attached hydrogen (secondary N) is 2. The molecule has 4 aromatic rings. The van der Waals surface area contributed by atoms with Crippen molar-refractivity contribution >= 4 is 40.9 Å². The number of hydrogen-bond donors (Lipinski definition) is 2. The molecule has 1 atom stereocenters. The van der Waals surface area contributed by atoms with Crippen LogP contribution in [0.5, 0.6) is 17.2 Å². The SMILES string of the molecule is CCCCSc1nc2n(n1)C(c1ccc(OCc3c(F)cccc3Cl)c(OC)c1)C(C(=O)Nc1ccccc1OCC)=C(C)N2. The third kappa shape index (κ3) is 7.20. The van der Waals surface area contributed by atoms with Gasteiger partial charge in [0.25, 0.3) is 5.91 Å². The van der Waals surface area contributed by atoms with Gasteiger partial charge in [0.15, 0.2) is 11.5 Å². The van der Waals surface area contributed by atoms with Gasteiger partial charge in [0.1, 0.15) is 24.2 Å². The van der Waals surface area contributed by atoms with Gasteiger partial charge in [0, 0.05) is 17.0 Å². The van der Waals surface area contributed by atoms with Crippen molar-refractivity contribution in [1.29, 1.82) is 0 Å². The summed E-state index contributed by atoms with van der Waals surface area (Å²) < 4.78 is 33.5. The van der Waals surface area contributed by atoms with Crippen molar-refractivity contribution in [2.24, 2.45) is 0 Å². The number of benzene rings is 3. The molecule has 45 heavy (non-hydrogen) atoms. The highest BCUT2D eigenvalue weighted by Gasteiger charge is 2.35. The van der Waals surface area contributed by atoms with Crippen molar-refractivity contribution in [3.63, 3.8) is 0 Å². The van der Waals surface area contributed by atoms with Gasteiger partial charge in [-0.3, -0.25) is 4.79 Å². The summed E-state index contributed by atoms with van der Waals surface area (Å²) in [4.78, 5) is 18.8. The van der Waals surface area contributed by atoms with E-state index in [0.29, 0.717) is 57.5 Å². The monoisotopic (exact) mass is 651 g/mol. The number of anilines is 2. The van der Waals surface area contributed by atoms with E-state index in [4.69, 9.17) is 35.9 Å². The Morgan fingerprint density at radius 2 is 1.91 bits per heavy atom. The average Bonchev–Trinajstić information content (AvgIpc) is 3.43. The van der Waals surface area contributed by atoms with Crippen LogP contribution in [0.15, 0.2) is 77.1 Å². The van der Waals surface area contributed by atoms with E-state index in [-0.39, 0.29) is 23.1 Å². The van der Waals surface area contributed by atoms with E-state index in [1.165, 1.54) is 13.2 Å². The predicted octanol–water partition coefficient (Wildman–Crippen LogP) is 7.88. The van der Waals surface area contributed by atoms with E-state index >= 15 is 0 Å². The topological polar surface area (TPSA) is 99.5 Å². The summed E-state index contributed by atoms with van der Waals surface area (Å²) in [5.74, 6) is 1.98. The lowest BCUT2D eigenvalue weighted by molar-refractivity contribution is -0.113. The molecule has 0 saturated heterocycles. The number of carbonyl (C=O) groups excluding carboxylic acids is 1. The molecule has 3 aromatic carbocycles. The minimum atomic E-state index is -0.655.